The Labute approximate surface area is 148 Å². The molecular weight excluding hydrogens is 306 g/mol. The molecule has 3 aromatic carbocycles. The molecule has 3 aromatic rings. The van der Waals surface area contributed by atoms with Gasteiger partial charge >= 0.3 is 0 Å². The van der Waals surface area contributed by atoms with E-state index in [1.807, 2.05) is 78.9 Å². The summed E-state index contributed by atoms with van der Waals surface area (Å²) in [6.45, 7) is 1.47. The van der Waals surface area contributed by atoms with Crippen LogP contribution >= 0.6 is 0 Å². The summed E-state index contributed by atoms with van der Waals surface area (Å²) in [4.78, 5) is 15.3. The number of hydrogen-bond acceptors (Lipinski definition) is 2. The van der Waals surface area contributed by atoms with Gasteiger partial charge in [-0.15, -0.1) is 0 Å². The lowest BCUT2D eigenvalue weighted by atomic mass is 9.94. The summed E-state index contributed by atoms with van der Waals surface area (Å²) in [6, 6.07) is 28.2. The van der Waals surface area contributed by atoms with Gasteiger partial charge in [0.05, 0.1) is 5.70 Å². The minimum atomic E-state index is 0.0987. The zero-order valence-corrected chi connectivity index (χ0v) is 13.9. The second-order valence-electron chi connectivity index (χ2n) is 6.27. The summed E-state index contributed by atoms with van der Waals surface area (Å²) in [6.07, 6.45) is 2.00. The van der Waals surface area contributed by atoms with Crippen LogP contribution in [0.3, 0.4) is 0 Å². The van der Waals surface area contributed by atoms with E-state index in [0.29, 0.717) is 0 Å². The highest BCUT2D eigenvalue weighted by Crippen LogP contribution is 2.28. The Balaban J connectivity index is 1.76. The first-order chi connectivity index (χ1) is 12.3. The molecule has 2 nitrogen and oxygen atoms in total. The number of benzene rings is 3. The zero-order valence-electron chi connectivity index (χ0n) is 13.9. The van der Waals surface area contributed by atoms with Gasteiger partial charge in [-0.1, -0.05) is 84.9 Å². The van der Waals surface area contributed by atoms with Gasteiger partial charge in [0.15, 0.2) is 0 Å². The maximum atomic E-state index is 13.1. The quantitative estimate of drug-likeness (QED) is 0.637. The monoisotopic (exact) mass is 325 g/mol. The zero-order chi connectivity index (χ0) is 17.1. The number of rotatable bonds is 3. The van der Waals surface area contributed by atoms with Crippen molar-refractivity contribution in [3.8, 4) is 0 Å². The molecule has 0 N–H and O–H groups in total. The van der Waals surface area contributed by atoms with Crippen LogP contribution in [0.1, 0.15) is 27.0 Å². The molecule has 0 bridgehead atoms. The fraction of sp³-hybridized carbons (Fsp3) is 0.0870. The lowest BCUT2D eigenvalue weighted by molar-refractivity contribution is 0.0970. The molecule has 0 radical (unpaired) electrons. The lowest BCUT2D eigenvalue weighted by Crippen LogP contribution is -2.32. The Kier molecular flexibility index (Phi) is 4.17. The average Bonchev–Trinajstić information content (AvgIpc) is 2.67. The second kappa shape index (κ2) is 6.78. The van der Waals surface area contributed by atoms with E-state index in [9.17, 15) is 4.79 Å². The third-order valence-corrected chi connectivity index (χ3v) is 4.52. The van der Waals surface area contributed by atoms with Gasteiger partial charge in [-0.05, 0) is 22.8 Å². The van der Waals surface area contributed by atoms with Gasteiger partial charge < -0.3 is 4.90 Å². The third-order valence-electron chi connectivity index (χ3n) is 4.52. The molecule has 122 valence electrons. The summed E-state index contributed by atoms with van der Waals surface area (Å²) in [5, 5.41) is 0. The van der Waals surface area contributed by atoms with Crippen LogP contribution in [0, 0.1) is 0 Å². The van der Waals surface area contributed by atoms with Gasteiger partial charge in [0.1, 0.15) is 0 Å². The van der Waals surface area contributed by atoms with Crippen molar-refractivity contribution in [2.45, 2.75) is 13.1 Å². The molecule has 0 saturated heterocycles. The molecule has 0 atom stereocenters. The van der Waals surface area contributed by atoms with E-state index in [0.717, 1.165) is 35.5 Å². The SMILES string of the molecule is O=C1/C(=C/c2ccccc2)N(Cc2ccccc2)Cc2ccccc21. The van der Waals surface area contributed by atoms with Gasteiger partial charge in [-0.25, -0.2) is 0 Å². The molecule has 0 unspecified atom stereocenters. The summed E-state index contributed by atoms with van der Waals surface area (Å²) in [5.74, 6) is 0.0987. The summed E-state index contributed by atoms with van der Waals surface area (Å²) in [5.41, 5.74) is 4.91. The number of fused-ring (bicyclic) bond motifs is 1. The van der Waals surface area contributed by atoms with E-state index in [4.69, 9.17) is 0 Å². The van der Waals surface area contributed by atoms with Gasteiger partial charge in [-0.3, -0.25) is 4.79 Å². The number of hydrogen-bond donors (Lipinski definition) is 0. The maximum absolute atomic E-state index is 13.1. The Morgan fingerprint density at radius 2 is 1.44 bits per heavy atom. The van der Waals surface area contributed by atoms with Crippen LogP contribution < -0.4 is 0 Å². The van der Waals surface area contributed by atoms with Crippen molar-refractivity contribution in [3.63, 3.8) is 0 Å². The van der Waals surface area contributed by atoms with Crippen molar-refractivity contribution in [2.75, 3.05) is 0 Å². The lowest BCUT2D eigenvalue weighted by Gasteiger charge is -2.32. The Hall–Kier alpha value is -3.13. The Morgan fingerprint density at radius 1 is 0.800 bits per heavy atom. The van der Waals surface area contributed by atoms with Crippen LogP contribution in [0.5, 0.6) is 0 Å². The van der Waals surface area contributed by atoms with E-state index in [-0.39, 0.29) is 5.78 Å². The van der Waals surface area contributed by atoms with Gasteiger partial charge in [0.2, 0.25) is 5.78 Å². The minimum absolute atomic E-state index is 0.0987. The van der Waals surface area contributed by atoms with Crippen LogP contribution in [0.15, 0.2) is 90.6 Å². The Bertz CT molecular complexity index is 913. The van der Waals surface area contributed by atoms with Crippen LogP contribution in [0.2, 0.25) is 0 Å². The van der Waals surface area contributed by atoms with Crippen LogP contribution in [0.4, 0.5) is 0 Å². The van der Waals surface area contributed by atoms with Gasteiger partial charge in [0.25, 0.3) is 0 Å². The number of carbonyl (C=O) groups excluding carboxylic acids is 1. The molecular formula is C23H19NO. The summed E-state index contributed by atoms with van der Waals surface area (Å²) < 4.78 is 0. The van der Waals surface area contributed by atoms with E-state index in [1.54, 1.807) is 0 Å². The fourth-order valence-electron chi connectivity index (χ4n) is 3.26. The average molecular weight is 325 g/mol. The standard InChI is InChI=1S/C23H19NO/c25-23-21-14-8-7-13-20(21)17-24(16-19-11-5-2-6-12-19)22(23)15-18-9-3-1-4-10-18/h1-15H,16-17H2/b22-15-. The topological polar surface area (TPSA) is 20.3 Å². The summed E-state index contributed by atoms with van der Waals surface area (Å²) >= 11 is 0. The molecule has 1 aliphatic heterocycles. The molecule has 4 rings (SSSR count). The van der Waals surface area contributed by atoms with Crippen LogP contribution in [0.25, 0.3) is 6.08 Å². The van der Waals surface area contributed by atoms with Crippen LogP contribution in [-0.4, -0.2) is 10.7 Å². The van der Waals surface area contributed by atoms with Crippen molar-refractivity contribution in [2.24, 2.45) is 0 Å². The molecule has 1 heterocycles. The predicted molar refractivity (Wildman–Crippen MR) is 101 cm³/mol. The first-order valence-electron chi connectivity index (χ1n) is 8.49. The van der Waals surface area contributed by atoms with Gasteiger partial charge in [-0.2, -0.15) is 0 Å². The van der Waals surface area contributed by atoms with E-state index >= 15 is 0 Å². The maximum Gasteiger partial charge on any atom is 0.209 e. The van der Waals surface area contributed by atoms with Crippen LogP contribution in [-0.2, 0) is 13.1 Å². The van der Waals surface area contributed by atoms with E-state index < -0.39 is 0 Å². The first-order valence-corrected chi connectivity index (χ1v) is 8.49. The molecule has 0 saturated carbocycles. The molecule has 25 heavy (non-hydrogen) atoms. The van der Waals surface area contributed by atoms with E-state index in [1.165, 1.54) is 5.56 Å². The molecule has 0 aliphatic carbocycles. The number of ketones is 1. The largest absolute Gasteiger partial charge is 0.360 e. The number of allylic oxidation sites excluding steroid dienone is 1. The highest BCUT2D eigenvalue weighted by atomic mass is 16.1. The molecule has 2 heteroatoms. The van der Waals surface area contributed by atoms with Crippen molar-refractivity contribution in [1.82, 2.24) is 4.90 Å². The third kappa shape index (κ3) is 3.24. The first kappa shape index (κ1) is 15.4. The van der Waals surface area contributed by atoms with Crippen molar-refractivity contribution in [1.29, 1.82) is 0 Å². The highest BCUT2D eigenvalue weighted by Gasteiger charge is 2.27. The van der Waals surface area contributed by atoms with Crippen molar-refractivity contribution >= 4 is 11.9 Å². The van der Waals surface area contributed by atoms with Gasteiger partial charge in [0, 0.05) is 18.7 Å². The molecule has 1 aliphatic rings. The fourth-order valence-corrected chi connectivity index (χ4v) is 3.26. The van der Waals surface area contributed by atoms with Crippen molar-refractivity contribution < 1.29 is 4.79 Å². The molecule has 0 fully saturated rings. The highest BCUT2D eigenvalue weighted by molar-refractivity contribution is 6.12. The smallest absolute Gasteiger partial charge is 0.209 e. The number of nitrogens with zero attached hydrogens (tertiary/aromatic N) is 1. The second-order valence-corrected chi connectivity index (χ2v) is 6.27. The normalized spacial score (nSPS) is 15.3. The number of Topliss-reactive ketones (excluding diaryl/α,β-unsaturated/α-hetero) is 1. The van der Waals surface area contributed by atoms with Crippen molar-refractivity contribution in [3.05, 3.63) is 113 Å². The molecule has 0 spiro atoms. The molecule has 0 aromatic heterocycles. The molecule has 0 amide bonds. The summed E-state index contributed by atoms with van der Waals surface area (Å²) in [7, 11) is 0. The number of carbonyl (C=O) groups is 1. The Morgan fingerprint density at radius 3 is 2.20 bits per heavy atom. The van der Waals surface area contributed by atoms with E-state index in [2.05, 4.69) is 17.0 Å². The minimum Gasteiger partial charge on any atom is -0.360 e. The predicted octanol–water partition coefficient (Wildman–Crippen LogP) is 4.93.